The van der Waals surface area contributed by atoms with Crippen molar-refractivity contribution < 1.29 is 53.7 Å². The summed E-state index contributed by atoms with van der Waals surface area (Å²) in [5.74, 6) is 0.564. The van der Waals surface area contributed by atoms with Gasteiger partial charge >= 0.3 is 5.97 Å². The molecule has 1 aromatic carbocycles. The van der Waals surface area contributed by atoms with E-state index in [0.717, 1.165) is 0 Å². The molecule has 0 saturated carbocycles. The Labute approximate surface area is 412 Å². The molecule has 0 spiro atoms. The number of unbranched alkanes of at least 4 members (excludes halogenated alkanes) is 3. The van der Waals surface area contributed by atoms with E-state index in [1.54, 1.807) is 12.1 Å². The van der Waals surface area contributed by atoms with Crippen molar-refractivity contribution in [3.8, 4) is 5.75 Å². The Morgan fingerprint density at radius 1 is 0.789 bits per heavy atom. The van der Waals surface area contributed by atoms with E-state index in [2.05, 4.69) is 36.7 Å². The molecule has 6 amide bonds. The van der Waals surface area contributed by atoms with Crippen LogP contribution in [-0.2, 0) is 40.0 Å². The van der Waals surface area contributed by atoms with E-state index < -0.39 is 83.8 Å². The van der Waals surface area contributed by atoms with E-state index in [1.165, 1.54) is 47.2 Å². The fourth-order valence-corrected chi connectivity index (χ4v) is 8.58. The largest absolute Gasteiger partial charge is 0.508 e. The van der Waals surface area contributed by atoms with E-state index in [1.807, 2.05) is 0 Å². The molecule has 24 nitrogen and oxygen atoms in total. The number of aliphatic carboxylic acids is 1. The average molecular weight is 994 g/mol. The summed E-state index contributed by atoms with van der Waals surface area (Å²) in [6, 6.07) is 2.61. The second kappa shape index (κ2) is 28.7. The number of nitrogen functional groups attached to an aromatic ring is 1. The molecule has 0 bridgehead atoms. The summed E-state index contributed by atoms with van der Waals surface area (Å²) in [5.41, 5.74) is 19.7. The van der Waals surface area contributed by atoms with Gasteiger partial charge in [0.2, 0.25) is 29.5 Å². The number of Topliss-reactive ketones (excluding diaryl/α,β-unsaturated/α-hetero) is 1. The Morgan fingerprint density at radius 2 is 1.46 bits per heavy atom. The number of hydrogen-bond acceptors (Lipinski definition) is 15. The number of aliphatic imine (C=N–C) groups is 1. The lowest BCUT2D eigenvalue weighted by molar-refractivity contribution is -0.149. The first kappa shape index (κ1) is 56.7. The number of carboxylic acid groups (broad SMARTS) is 1. The van der Waals surface area contributed by atoms with Crippen LogP contribution in [0.4, 0.5) is 5.82 Å². The number of aliphatic hydroxyl groups is 1. The summed E-state index contributed by atoms with van der Waals surface area (Å²) >= 11 is 0. The molecule has 1 aromatic heterocycles. The average Bonchev–Trinajstić information content (AvgIpc) is 4.05. The van der Waals surface area contributed by atoms with E-state index in [-0.39, 0.29) is 87.6 Å². The lowest BCUT2D eigenvalue weighted by Crippen LogP contribution is -2.59. The van der Waals surface area contributed by atoms with Gasteiger partial charge < -0.3 is 69.0 Å². The number of nitrogens with two attached hydrogens (primary N) is 4. The molecule has 2 fully saturated rings. The first-order valence-corrected chi connectivity index (χ1v) is 24.2. The Balaban J connectivity index is 1.33. The number of hydrogen-bond donors (Lipinski definition) is 12. The van der Waals surface area contributed by atoms with Crippen molar-refractivity contribution in [3.63, 3.8) is 0 Å². The van der Waals surface area contributed by atoms with Gasteiger partial charge in [-0.15, -0.1) is 0 Å². The SMILES string of the molecule is CC(O)C(NC(=O)CCCCCC(=O)C(Cc1ccc(O)cc1)NC(=O)c1ccc(NN)nc1)C(=O)NC(CCCCN)C(=O)N1CCCC1C(=O)N1CCCC1C(=O)NC(CCCN=C(N)N)C(=O)O. The maximum atomic E-state index is 14.3. The summed E-state index contributed by atoms with van der Waals surface area (Å²) in [5, 5.41) is 40.7. The van der Waals surface area contributed by atoms with Gasteiger partial charge in [0.1, 0.15) is 41.8 Å². The number of anilines is 1. The molecule has 2 saturated heterocycles. The fraction of sp³-hybridized carbons (Fsp3) is 0.574. The zero-order valence-corrected chi connectivity index (χ0v) is 40.2. The van der Waals surface area contributed by atoms with Crippen molar-refractivity contribution in [2.24, 2.45) is 28.0 Å². The van der Waals surface area contributed by atoms with Crippen LogP contribution < -0.4 is 49.7 Å². The molecule has 2 aliphatic rings. The maximum Gasteiger partial charge on any atom is 0.326 e. The molecular formula is C47H71N13O11. The van der Waals surface area contributed by atoms with Crippen molar-refractivity contribution >= 4 is 59.0 Å². The van der Waals surface area contributed by atoms with Gasteiger partial charge in [0.25, 0.3) is 5.91 Å². The summed E-state index contributed by atoms with van der Waals surface area (Å²) < 4.78 is 0. The quantitative estimate of drug-likeness (QED) is 0.0153. The van der Waals surface area contributed by atoms with Crippen LogP contribution in [0.15, 0.2) is 47.6 Å². The van der Waals surface area contributed by atoms with Crippen LogP contribution >= 0.6 is 0 Å². The number of hydrazine groups is 1. The molecule has 24 heteroatoms. The zero-order chi connectivity index (χ0) is 52.0. The molecule has 7 unspecified atom stereocenters. The van der Waals surface area contributed by atoms with Crippen LogP contribution in [0.3, 0.4) is 0 Å². The number of phenols is 1. The number of carboxylic acids is 1. The molecule has 2 aromatic rings. The lowest BCUT2D eigenvalue weighted by atomic mass is 9.98. The van der Waals surface area contributed by atoms with Crippen LogP contribution in [-0.4, -0.2) is 152 Å². The van der Waals surface area contributed by atoms with Gasteiger partial charge in [-0.05, 0) is 120 Å². The van der Waals surface area contributed by atoms with Crippen LogP contribution in [0.2, 0.25) is 0 Å². The number of carbonyl (C=O) groups is 8. The highest BCUT2D eigenvalue weighted by Gasteiger charge is 2.44. The first-order valence-electron chi connectivity index (χ1n) is 24.2. The van der Waals surface area contributed by atoms with Crippen LogP contribution in [0.25, 0.3) is 0 Å². The van der Waals surface area contributed by atoms with Gasteiger partial charge in [0.05, 0.1) is 17.7 Å². The van der Waals surface area contributed by atoms with Crippen molar-refractivity contribution in [2.75, 3.05) is 31.6 Å². The number of guanidine groups is 1. The minimum absolute atomic E-state index is 0.0463. The van der Waals surface area contributed by atoms with E-state index in [0.29, 0.717) is 69.3 Å². The number of benzene rings is 1. The maximum absolute atomic E-state index is 14.3. The first-order chi connectivity index (χ1) is 33.9. The van der Waals surface area contributed by atoms with Crippen LogP contribution in [0, 0.1) is 0 Å². The third-order valence-corrected chi connectivity index (χ3v) is 12.4. The molecule has 16 N–H and O–H groups in total. The minimum atomic E-state index is -1.45. The highest BCUT2D eigenvalue weighted by atomic mass is 16.4. The number of aromatic nitrogens is 1. The minimum Gasteiger partial charge on any atom is -0.508 e. The Morgan fingerprint density at radius 3 is 2.10 bits per heavy atom. The van der Waals surface area contributed by atoms with Crippen molar-refractivity contribution in [2.45, 2.75) is 146 Å². The monoisotopic (exact) mass is 994 g/mol. The number of phenolic OH excluding ortho intramolecular Hbond substituents is 1. The summed E-state index contributed by atoms with van der Waals surface area (Å²) in [6.45, 7) is 2.21. The fourth-order valence-electron chi connectivity index (χ4n) is 8.58. The predicted molar refractivity (Wildman–Crippen MR) is 261 cm³/mol. The number of ketones is 1. The van der Waals surface area contributed by atoms with E-state index in [9.17, 15) is 53.7 Å². The van der Waals surface area contributed by atoms with Gasteiger partial charge in [0.15, 0.2) is 11.7 Å². The normalized spacial score (nSPS) is 17.5. The number of aliphatic hydroxyl groups excluding tert-OH is 1. The number of pyridine rings is 1. The van der Waals surface area contributed by atoms with Gasteiger partial charge in [-0.2, -0.15) is 0 Å². The third-order valence-electron chi connectivity index (χ3n) is 12.4. The molecule has 3 heterocycles. The summed E-state index contributed by atoms with van der Waals surface area (Å²) in [7, 11) is 0. The third kappa shape index (κ3) is 17.8. The molecule has 71 heavy (non-hydrogen) atoms. The number of nitrogens with one attached hydrogen (secondary N) is 5. The summed E-state index contributed by atoms with van der Waals surface area (Å²) in [6.07, 6.45) is 4.19. The lowest BCUT2D eigenvalue weighted by Gasteiger charge is -2.33. The molecule has 0 radical (unpaired) electrons. The number of amides is 6. The number of rotatable bonds is 29. The van der Waals surface area contributed by atoms with Gasteiger partial charge in [-0.25, -0.2) is 15.6 Å². The number of nitrogens with zero attached hydrogens (tertiary/aromatic N) is 4. The molecule has 390 valence electrons. The standard InChI is InChI=1S/C47H71N13O11/c1-28(61)40(57-39(64)15-4-2-3-14-37(63)34(26-29-16-19-31(62)20-17-29)56-41(65)30-18-21-38(58-51)53-27-30)43(67)54-32(10-5-6-22-48)44(68)60-25-9-13-36(60)45(69)59-24-8-12-35(59)42(66)55-33(46(70)71)11-7-23-52-47(49)50/h16-21,27-28,32-36,40,61-62H,2-15,22-26,48,51H2,1H3,(H,53,58)(H,54,67)(H,55,66)(H,56,65)(H,57,64)(H,70,71)(H4,49,50,52). The number of aromatic hydroxyl groups is 1. The van der Waals surface area contributed by atoms with Crippen molar-refractivity contribution in [1.82, 2.24) is 36.1 Å². The molecular weight excluding hydrogens is 923 g/mol. The predicted octanol–water partition coefficient (Wildman–Crippen LogP) is -0.982. The van der Waals surface area contributed by atoms with Gasteiger partial charge in [0, 0.05) is 38.7 Å². The second-order valence-corrected chi connectivity index (χ2v) is 17.9. The molecule has 0 aliphatic carbocycles. The van der Waals surface area contributed by atoms with E-state index in [4.69, 9.17) is 23.0 Å². The van der Waals surface area contributed by atoms with Crippen LogP contribution in [0.5, 0.6) is 5.75 Å². The summed E-state index contributed by atoms with van der Waals surface area (Å²) in [4.78, 5) is 118. The number of carbonyl (C=O) groups excluding carboxylic acids is 7. The molecule has 4 rings (SSSR count). The Bertz CT molecular complexity index is 2160. The van der Waals surface area contributed by atoms with Crippen molar-refractivity contribution in [1.29, 1.82) is 0 Å². The van der Waals surface area contributed by atoms with E-state index >= 15 is 0 Å². The zero-order valence-electron chi connectivity index (χ0n) is 40.2. The second-order valence-electron chi connectivity index (χ2n) is 17.9. The van der Waals surface area contributed by atoms with Gasteiger partial charge in [-0.1, -0.05) is 18.6 Å². The molecule has 7 atom stereocenters. The van der Waals surface area contributed by atoms with Gasteiger partial charge in [-0.3, -0.25) is 38.6 Å². The number of likely N-dealkylation sites (tertiary alicyclic amines) is 2. The Kier molecular flexibility index (Phi) is 22.9. The molecule has 2 aliphatic heterocycles. The van der Waals surface area contributed by atoms with Crippen molar-refractivity contribution in [3.05, 3.63) is 53.7 Å². The Hall–Kier alpha value is -6.92. The topological polar surface area (TPSA) is 393 Å². The highest BCUT2D eigenvalue weighted by Crippen LogP contribution is 2.27. The highest BCUT2D eigenvalue weighted by molar-refractivity contribution is 5.98. The smallest absolute Gasteiger partial charge is 0.326 e. The van der Waals surface area contributed by atoms with Crippen LogP contribution in [0.1, 0.15) is 113 Å².